The van der Waals surface area contributed by atoms with Crippen LogP contribution in [0, 0.1) is 0 Å². The molecule has 3 heterocycles. The molecular formula is C28H26N6OS. The highest BCUT2D eigenvalue weighted by Crippen LogP contribution is 2.33. The Balaban J connectivity index is 1.45. The summed E-state index contributed by atoms with van der Waals surface area (Å²) in [4.78, 5) is 32.6. The van der Waals surface area contributed by atoms with E-state index in [1.165, 1.54) is 11.3 Å². The van der Waals surface area contributed by atoms with Crippen molar-refractivity contribution in [2.45, 2.75) is 26.2 Å². The maximum atomic E-state index is 13.4. The Labute approximate surface area is 213 Å². The molecule has 0 spiro atoms. The van der Waals surface area contributed by atoms with Crippen molar-refractivity contribution in [2.75, 3.05) is 17.2 Å². The molecule has 0 radical (unpaired) electrons. The Bertz CT molecular complexity index is 1450. The van der Waals surface area contributed by atoms with Crippen LogP contribution in [0.15, 0.2) is 79.0 Å². The monoisotopic (exact) mass is 494 g/mol. The summed E-state index contributed by atoms with van der Waals surface area (Å²) < 4.78 is 0. The van der Waals surface area contributed by atoms with Crippen molar-refractivity contribution in [3.05, 3.63) is 84.7 Å². The number of nitrogens with one attached hydrogen (secondary N) is 2. The number of carbonyl (C=O) groups is 1. The number of thiazole rings is 1. The Morgan fingerprint density at radius 2 is 1.75 bits per heavy atom. The van der Waals surface area contributed by atoms with Gasteiger partial charge in [-0.3, -0.25) is 4.79 Å². The predicted octanol–water partition coefficient (Wildman–Crippen LogP) is 6.67. The van der Waals surface area contributed by atoms with Crippen LogP contribution >= 0.6 is 11.3 Å². The smallest absolute Gasteiger partial charge is 0.274 e. The third-order valence-electron chi connectivity index (χ3n) is 5.65. The molecule has 1 amide bonds. The molecule has 0 fully saturated rings. The molecule has 7 nitrogen and oxygen atoms in total. The van der Waals surface area contributed by atoms with Gasteiger partial charge in [0.1, 0.15) is 26.9 Å². The van der Waals surface area contributed by atoms with Gasteiger partial charge < -0.3 is 10.6 Å². The Morgan fingerprint density at radius 1 is 0.917 bits per heavy atom. The molecule has 0 bridgehead atoms. The summed E-state index contributed by atoms with van der Waals surface area (Å²) >= 11 is 1.49. The van der Waals surface area contributed by atoms with E-state index in [9.17, 15) is 4.79 Å². The number of fused-ring (bicyclic) bond motifs is 1. The zero-order valence-electron chi connectivity index (χ0n) is 19.9. The van der Waals surface area contributed by atoms with Crippen molar-refractivity contribution in [1.82, 2.24) is 19.9 Å². The van der Waals surface area contributed by atoms with Gasteiger partial charge in [-0.1, -0.05) is 73.6 Å². The molecule has 2 aromatic carbocycles. The van der Waals surface area contributed by atoms with Crippen LogP contribution in [-0.2, 0) is 0 Å². The highest BCUT2D eigenvalue weighted by atomic mass is 32.1. The number of unbranched alkanes of at least 4 members (excludes halogenated alkanes) is 2. The summed E-state index contributed by atoms with van der Waals surface area (Å²) in [5.41, 5.74) is 3.48. The van der Waals surface area contributed by atoms with Crippen LogP contribution in [0.1, 0.15) is 36.7 Å². The van der Waals surface area contributed by atoms with E-state index in [1.807, 2.05) is 66.7 Å². The summed E-state index contributed by atoms with van der Waals surface area (Å²) in [5, 5.41) is 7.19. The standard InChI is InChI=1S/C28H26N6OS/c1-2-3-9-16-29-24-18-23(31-25(34-24)19-11-5-4-6-12-19)26(35)32-21-14-8-7-13-20(21)27-33-22-15-10-17-30-28(22)36-27/h4-8,10-15,17-18H,2-3,9,16H2,1H3,(H,32,35)(H,29,31,34). The number of benzene rings is 2. The van der Waals surface area contributed by atoms with E-state index in [2.05, 4.69) is 32.5 Å². The molecule has 180 valence electrons. The SMILES string of the molecule is CCCCCNc1cc(C(=O)Nc2ccccc2-c2nc3cccnc3s2)nc(-c2ccccc2)n1. The number of hydrogen-bond donors (Lipinski definition) is 2. The van der Waals surface area contributed by atoms with Crippen LogP contribution in [0.5, 0.6) is 0 Å². The molecule has 5 rings (SSSR count). The fourth-order valence-corrected chi connectivity index (χ4v) is 4.76. The summed E-state index contributed by atoms with van der Waals surface area (Å²) in [6.07, 6.45) is 5.06. The molecule has 0 aliphatic carbocycles. The van der Waals surface area contributed by atoms with Crippen LogP contribution in [0.2, 0.25) is 0 Å². The second-order valence-corrected chi connectivity index (χ2v) is 9.29. The van der Waals surface area contributed by atoms with E-state index in [0.717, 1.165) is 52.3 Å². The number of aromatic nitrogens is 4. The first-order valence-electron chi connectivity index (χ1n) is 12.0. The van der Waals surface area contributed by atoms with Crippen molar-refractivity contribution < 1.29 is 4.79 Å². The lowest BCUT2D eigenvalue weighted by atomic mass is 10.1. The Kier molecular flexibility index (Phi) is 7.23. The number of pyridine rings is 1. The lowest BCUT2D eigenvalue weighted by Gasteiger charge is -2.12. The second-order valence-electron chi connectivity index (χ2n) is 8.31. The van der Waals surface area contributed by atoms with Gasteiger partial charge in [-0.15, -0.1) is 0 Å². The summed E-state index contributed by atoms with van der Waals surface area (Å²) in [5.74, 6) is 0.834. The molecule has 0 saturated carbocycles. The summed E-state index contributed by atoms with van der Waals surface area (Å²) in [6.45, 7) is 2.96. The van der Waals surface area contributed by atoms with E-state index in [-0.39, 0.29) is 5.91 Å². The number of hydrogen-bond acceptors (Lipinski definition) is 7. The minimum atomic E-state index is -0.308. The lowest BCUT2D eigenvalue weighted by molar-refractivity contribution is 0.102. The number of para-hydroxylation sites is 1. The molecule has 0 unspecified atom stereocenters. The van der Waals surface area contributed by atoms with Gasteiger partial charge in [0.15, 0.2) is 5.82 Å². The average molecular weight is 495 g/mol. The van der Waals surface area contributed by atoms with Crippen molar-refractivity contribution in [1.29, 1.82) is 0 Å². The van der Waals surface area contributed by atoms with Crippen molar-refractivity contribution in [2.24, 2.45) is 0 Å². The number of nitrogens with zero attached hydrogens (tertiary/aromatic N) is 4. The molecule has 8 heteroatoms. The largest absolute Gasteiger partial charge is 0.370 e. The van der Waals surface area contributed by atoms with Crippen LogP contribution < -0.4 is 10.6 Å². The van der Waals surface area contributed by atoms with Gasteiger partial charge in [0.25, 0.3) is 5.91 Å². The number of anilines is 2. The van der Waals surface area contributed by atoms with E-state index >= 15 is 0 Å². The average Bonchev–Trinajstić information content (AvgIpc) is 3.36. The predicted molar refractivity (Wildman–Crippen MR) is 146 cm³/mol. The topological polar surface area (TPSA) is 92.7 Å². The Hall–Kier alpha value is -4.17. The van der Waals surface area contributed by atoms with Crippen LogP contribution in [0.4, 0.5) is 11.5 Å². The molecule has 0 atom stereocenters. The van der Waals surface area contributed by atoms with Gasteiger partial charge >= 0.3 is 0 Å². The van der Waals surface area contributed by atoms with Crippen molar-refractivity contribution in [3.8, 4) is 22.0 Å². The third-order valence-corrected chi connectivity index (χ3v) is 6.66. The fraction of sp³-hybridized carbons (Fsp3) is 0.179. The fourth-order valence-electron chi connectivity index (χ4n) is 3.81. The highest BCUT2D eigenvalue weighted by Gasteiger charge is 2.17. The third kappa shape index (κ3) is 5.39. The molecule has 36 heavy (non-hydrogen) atoms. The first-order valence-corrected chi connectivity index (χ1v) is 12.8. The van der Waals surface area contributed by atoms with Gasteiger partial charge in [0.2, 0.25) is 0 Å². The first-order chi connectivity index (χ1) is 17.7. The second kappa shape index (κ2) is 11.0. The van der Waals surface area contributed by atoms with E-state index < -0.39 is 0 Å². The molecule has 0 saturated heterocycles. The lowest BCUT2D eigenvalue weighted by Crippen LogP contribution is -2.16. The molecule has 5 aromatic rings. The minimum Gasteiger partial charge on any atom is -0.370 e. The zero-order chi connectivity index (χ0) is 24.7. The van der Waals surface area contributed by atoms with E-state index in [4.69, 9.17) is 4.98 Å². The minimum absolute atomic E-state index is 0.294. The molecule has 0 aliphatic rings. The van der Waals surface area contributed by atoms with Gasteiger partial charge in [-0.2, -0.15) is 0 Å². The quantitative estimate of drug-likeness (QED) is 0.222. The van der Waals surface area contributed by atoms with E-state index in [1.54, 1.807) is 12.3 Å². The maximum absolute atomic E-state index is 13.4. The highest BCUT2D eigenvalue weighted by molar-refractivity contribution is 7.21. The Morgan fingerprint density at radius 3 is 2.58 bits per heavy atom. The number of rotatable bonds is 9. The van der Waals surface area contributed by atoms with E-state index in [0.29, 0.717) is 23.0 Å². The summed E-state index contributed by atoms with van der Waals surface area (Å²) in [6, 6.07) is 22.8. The van der Waals surface area contributed by atoms with Crippen LogP contribution in [-0.4, -0.2) is 32.4 Å². The van der Waals surface area contributed by atoms with Gasteiger partial charge in [-0.25, -0.2) is 19.9 Å². The van der Waals surface area contributed by atoms with Gasteiger partial charge in [-0.05, 0) is 30.7 Å². The van der Waals surface area contributed by atoms with Crippen LogP contribution in [0.3, 0.4) is 0 Å². The molecule has 2 N–H and O–H groups in total. The number of carbonyl (C=O) groups excluding carboxylic acids is 1. The molecule has 0 aliphatic heterocycles. The zero-order valence-corrected chi connectivity index (χ0v) is 20.8. The normalized spacial score (nSPS) is 10.9. The first kappa shape index (κ1) is 23.6. The molecule has 3 aromatic heterocycles. The molecular weight excluding hydrogens is 468 g/mol. The van der Waals surface area contributed by atoms with Crippen LogP contribution in [0.25, 0.3) is 32.3 Å². The van der Waals surface area contributed by atoms with Gasteiger partial charge in [0, 0.05) is 29.9 Å². The van der Waals surface area contributed by atoms with Crippen molar-refractivity contribution in [3.63, 3.8) is 0 Å². The number of amides is 1. The summed E-state index contributed by atoms with van der Waals surface area (Å²) in [7, 11) is 0. The van der Waals surface area contributed by atoms with Crippen molar-refractivity contribution >= 4 is 39.1 Å². The van der Waals surface area contributed by atoms with Gasteiger partial charge in [0.05, 0.1) is 5.69 Å². The maximum Gasteiger partial charge on any atom is 0.274 e.